The lowest BCUT2D eigenvalue weighted by molar-refractivity contribution is 0.101. The van der Waals surface area contributed by atoms with Gasteiger partial charge in [0.05, 0.1) is 23.2 Å². The van der Waals surface area contributed by atoms with Crippen molar-refractivity contribution in [3.05, 3.63) is 78.5 Å². The summed E-state index contributed by atoms with van der Waals surface area (Å²) in [5, 5.41) is 11.3. The minimum Gasteiger partial charge on any atom is -0.355 e. The topological polar surface area (TPSA) is 107 Å². The van der Waals surface area contributed by atoms with Crippen LogP contribution >= 0.6 is 0 Å². The van der Waals surface area contributed by atoms with Gasteiger partial charge in [0.25, 0.3) is 5.91 Å². The van der Waals surface area contributed by atoms with E-state index in [0.717, 1.165) is 11.1 Å². The Morgan fingerprint density at radius 1 is 1.00 bits per heavy atom. The molecule has 4 aromatic rings. The van der Waals surface area contributed by atoms with E-state index in [0.29, 0.717) is 23.7 Å². The Balaban J connectivity index is 1.45. The van der Waals surface area contributed by atoms with Crippen LogP contribution in [0.5, 0.6) is 0 Å². The summed E-state index contributed by atoms with van der Waals surface area (Å²) in [6.45, 7) is 0. The molecule has 1 atom stereocenters. The number of carbonyl (C=O) groups excluding carboxylic acids is 1. The number of carbonyl (C=O) groups is 1. The van der Waals surface area contributed by atoms with Crippen molar-refractivity contribution in [3.8, 4) is 22.6 Å². The van der Waals surface area contributed by atoms with Crippen molar-refractivity contribution in [2.75, 3.05) is 16.8 Å². The average molecular weight is 449 g/mol. The average Bonchev–Trinajstić information content (AvgIpc) is 3.53. The van der Waals surface area contributed by atoms with Gasteiger partial charge in [-0.3, -0.25) is 4.79 Å². The van der Waals surface area contributed by atoms with Crippen LogP contribution in [0.15, 0.2) is 77.3 Å². The second-order valence-electron chi connectivity index (χ2n) is 7.68. The van der Waals surface area contributed by atoms with Crippen LogP contribution in [0, 0.1) is 0 Å². The lowest BCUT2D eigenvalue weighted by Gasteiger charge is -2.13. The summed E-state index contributed by atoms with van der Waals surface area (Å²) in [4.78, 5) is 12.9. The largest absolute Gasteiger partial charge is 0.355 e. The van der Waals surface area contributed by atoms with Crippen LogP contribution in [0.1, 0.15) is 23.0 Å². The molecule has 0 radical (unpaired) electrons. The highest BCUT2D eigenvalue weighted by molar-refractivity contribution is 7.91. The van der Waals surface area contributed by atoms with E-state index >= 15 is 0 Å². The van der Waals surface area contributed by atoms with Gasteiger partial charge in [0.15, 0.2) is 21.3 Å². The summed E-state index contributed by atoms with van der Waals surface area (Å²) in [7, 11) is -3.12. The maximum Gasteiger partial charge on any atom is 0.279 e. The minimum atomic E-state index is -3.12. The normalized spacial score (nSPS) is 17.3. The van der Waals surface area contributed by atoms with Gasteiger partial charge in [0.2, 0.25) is 0 Å². The highest BCUT2D eigenvalue weighted by atomic mass is 32.2. The SMILES string of the molecule is O=C(Nc1cc(-c2ccccc2)nn1C1CCS(=O)(=O)C1)c1cc(-c2ccccc2)on1. The molecule has 5 rings (SSSR count). The quantitative estimate of drug-likeness (QED) is 0.497. The third-order valence-electron chi connectivity index (χ3n) is 5.40. The molecule has 1 aliphatic rings. The molecule has 162 valence electrons. The molecule has 8 nitrogen and oxygen atoms in total. The fraction of sp³-hybridized carbons (Fsp3) is 0.174. The van der Waals surface area contributed by atoms with E-state index in [1.807, 2.05) is 60.7 Å². The van der Waals surface area contributed by atoms with Crippen molar-refractivity contribution in [2.45, 2.75) is 12.5 Å². The monoisotopic (exact) mass is 448 g/mol. The van der Waals surface area contributed by atoms with Crippen LogP contribution in [-0.4, -0.2) is 40.8 Å². The van der Waals surface area contributed by atoms with Gasteiger partial charge in [0.1, 0.15) is 5.82 Å². The molecule has 2 aromatic carbocycles. The fourth-order valence-electron chi connectivity index (χ4n) is 3.79. The highest BCUT2D eigenvalue weighted by Crippen LogP contribution is 2.30. The smallest absolute Gasteiger partial charge is 0.279 e. The number of amides is 1. The number of rotatable bonds is 5. The number of hydrogen-bond acceptors (Lipinski definition) is 6. The lowest BCUT2D eigenvalue weighted by Crippen LogP contribution is -2.19. The Labute approximate surface area is 184 Å². The first kappa shape index (κ1) is 20.2. The molecule has 0 aliphatic carbocycles. The standard InChI is InChI=1S/C23H20N4O4S/c28-23(20-13-21(31-26-20)17-9-5-2-6-10-17)24-22-14-19(16-7-3-1-4-8-16)25-27(22)18-11-12-32(29,30)15-18/h1-10,13-14,18H,11-12,15H2,(H,24,28). The van der Waals surface area contributed by atoms with Gasteiger partial charge < -0.3 is 9.84 Å². The van der Waals surface area contributed by atoms with Crippen molar-refractivity contribution in [1.82, 2.24) is 14.9 Å². The van der Waals surface area contributed by atoms with Crippen LogP contribution < -0.4 is 5.32 Å². The Kier molecular flexibility index (Phi) is 5.10. The number of anilines is 1. The molecule has 1 N–H and O–H groups in total. The second kappa shape index (κ2) is 8.08. The first-order chi connectivity index (χ1) is 15.5. The highest BCUT2D eigenvalue weighted by Gasteiger charge is 2.32. The number of aromatic nitrogens is 3. The Bertz CT molecular complexity index is 1360. The van der Waals surface area contributed by atoms with Crippen molar-refractivity contribution in [3.63, 3.8) is 0 Å². The van der Waals surface area contributed by atoms with Crippen LogP contribution in [0.4, 0.5) is 5.82 Å². The van der Waals surface area contributed by atoms with E-state index in [1.165, 1.54) is 0 Å². The van der Waals surface area contributed by atoms with E-state index in [4.69, 9.17) is 4.52 Å². The first-order valence-electron chi connectivity index (χ1n) is 10.2. The Morgan fingerprint density at radius 2 is 1.69 bits per heavy atom. The maximum atomic E-state index is 12.9. The number of benzene rings is 2. The zero-order chi connectivity index (χ0) is 22.1. The summed E-state index contributed by atoms with van der Waals surface area (Å²) in [6.07, 6.45) is 0.448. The van der Waals surface area contributed by atoms with Crippen molar-refractivity contribution >= 4 is 21.6 Å². The van der Waals surface area contributed by atoms with E-state index in [-0.39, 0.29) is 23.2 Å². The lowest BCUT2D eigenvalue weighted by atomic mass is 10.1. The van der Waals surface area contributed by atoms with Gasteiger partial charge in [-0.15, -0.1) is 0 Å². The molecule has 1 aliphatic heterocycles. The maximum absolute atomic E-state index is 12.9. The van der Waals surface area contributed by atoms with Gasteiger partial charge in [-0.05, 0) is 6.42 Å². The van der Waals surface area contributed by atoms with Gasteiger partial charge in [0, 0.05) is 23.3 Å². The van der Waals surface area contributed by atoms with E-state index < -0.39 is 15.7 Å². The predicted molar refractivity (Wildman–Crippen MR) is 120 cm³/mol. The van der Waals surface area contributed by atoms with Crippen LogP contribution in [-0.2, 0) is 9.84 Å². The number of nitrogens with zero attached hydrogens (tertiary/aromatic N) is 3. The predicted octanol–water partition coefficient (Wildman–Crippen LogP) is 3.82. The summed E-state index contributed by atoms with van der Waals surface area (Å²) in [5.41, 5.74) is 2.45. The van der Waals surface area contributed by atoms with Crippen molar-refractivity contribution < 1.29 is 17.7 Å². The number of nitrogens with one attached hydrogen (secondary N) is 1. The van der Waals surface area contributed by atoms with Crippen LogP contribution in [0.3, 0.4) is 0 Å². The van der Waals surface area contributed by atoms with Gasteiger partial charge in [-0.2, -0.15) is 5.10 Å². The van der Waals surface area contributed by atoms with Crippen LogP contribution in [0.2, 0.25) is 0 Å². The van der Waals surface area contributed by atoms with Crippen molar-refractivity contribution in [1.29, 1.82) is 0 Å². The summed E-state index contributed by atoms with van der Waals surface area (Å²) >= 11 is 0. The molecule has 1 fully saturated rings. The first-order valence-corrected chi connectivity index (χ1v) is 12.0. The third-order valence-corrected chi connectivity index (χ3v) is 7.15. The molecule has 32 heavy (non-hydrogen) atoms. The van der Waals surface area contributed by atoms with Crippen molar-refractivity contribution in [2.24, 2.45) is 0 Å². The molecule has 9 heteroatoms. The van der Waals surface area contributed by atoms with E-state index in [2.05, 4.69) is 15.6 Å². The molecule has 2 aromatic heterocycles. The molecule has 0 saturated carbocycles. The minimum absolute atomic E-state index is 0.00606. The molecule has 3 heterocycles. The Morgan fingerprint density at radius 3 is 2.34 bits per heavy atom. The zero-order valence-electron chi connectivity index (χ0n) is 17.0. The zero-order valence-corrected chi connectivity index (χ0v) is 17.8. The molecule has 0 bridgehead atoms. The molecule has 0 spiro atoms. The van der Waals surface area contributed by atoms with Gasteiger partial charge in [-0.25, -0.2) is 13.1 Å². The van der Waals surface area contributed by atoms with Gasteiger partial charge >= 0.3 is 0 Å². The van der Waals surface area contributed by atoms with E-state index in [1.54, 1.807) is 16.8 Å². The summed E-state index contributed by atoms with van der Waals surface area (Å²) in [5.74, 6) is 0.539. The molecular weight excluding hydrogens is 428 g/mol. The third kappa shape index (κ3) is 4.06. The summed E-state index contributed by atoms with van der Waals surface area (Å²) < 4.78 is 31.0. The van der Waals surface area contributed by atoms with E-state index in [9.17, 15) is 13.2 Å². The number of hydrogen-bond donors (Lipinski definition) is 1. The second-order valence-corrected chi connectivity index (χ2v) is 9.91. The Hall–Kier alpha value is -3.72. The van der Waals surface area contributed by atoms with Crippen LogP contribution in [0.25, 0.3) is 22.6 Å². The number of sulfone groups is 1. The fourth-order valence-corrected chi connectivity index (χ4v) is 5.48. The molecular formula is C23H20N4O4S. The molecule has 1 amide bonds. The molecule has 1 saturated heterocycles. The van der Waals surface area contributed by atoms with Gasteiger partial charge in [-0.1, -0.05) is 65.8 Å². The summed E-state index contributed by atoms with van der Waals surface area (Å²) in [6, 6.07) is 21.9. The molecule has 1 unspecified atom stereocenters.